The molecule has 1 N–H and O–H groups in total. The van der Waals surface area contributed by atoms with E-state index in [1.54, 1.807) is 0 Å². The van der Waals surface area contributed by atoms with Crippen LogP contribution in [0.5, 0.6) is 0 Å². The predicted molar refractivity (Wildman–Crippen MR) is 95.7 cm³/mol. The molecule has 0 aromatic carbocycles. The van der Waals surface area contributed by atoms with Gasteiger partial charge in [0.2, 0.25) is 0 Å². The number of carbonyl (C=O) groups is 1. The maximum Gasteiger partial charge on any atom is 0.303 e. The molecule has 134 valence electrons. The van der Waals surface area contributed by atoms with E-state index in [1.165, 1.54) is 64.2 Å². The number of ether oxygens (including phenoxy) is 1. The second-order valence-corrected chi connectivity index (χ2v) is 6.78. The second kappa shape index (κ2) is 13.6. The van der Waals surface area contributed by atoms with Gasteiger partial charge in [-0.15, -0.1) is 0 Å². The second-order valence-electron chi connectivity index (χ2n) is 6.78. The van der Waals surface area contributed by atoms with Crippen molar-refractivity contribution < 1.29 is 14.6 Å². The number of hydrogen-bond donors (Lipinski definition) is 1. The van der Waals surface area contributed by atoms with E-state index in [0.717, 1.165) is 19.3 Å². The number of aliphatic carboxylic acids is 1. The first-order valence-corrected chi connectivity index (χ1v) is 9.76. The SMILES string of the molecule is CCC1OC1CCCCCCCCCCC=CCCCC(=O)O. The Hall–Kier alpha value is -0.830. The van der Waals surface area contributed by atoms with Gasteiger partial charge in [0.25, 0.3) is 0 Å². The molecule has 0 spiro atoms. The molecular formula is C20H36O3. The molecule has 2 unspecified atom stereocenters. The maximum atomic E-state index is 10.3. The third-order valence-electron chi connectivity index (χ3n) is 4.63. The minimum atomic E-state index is -0.690. The minimum Gasteiger partial charge on any atom is -0.481 e. The van der Waals surface area contributed by atoms with E-state index in [-0.39, 0.29) is 6.42 Å². The summed E-state index contributed by atoms with van der Waals surface area (Å²) < 4.78 is 5.56. The fourth-order valence-corrected chi connectivity index (χ4v) is 3.07. The van der Waals surface area contributed by atoms with Crippen LogP contribution < -0.4 is 0 Å². The van der Waals surface area contributed by atoms with Crippen molar-refractivity contribution in [2.45, 2.75) is 109 Å². The van der Waals surface area contributed by atoms with Crippen molar-refractivity contribution in [3.8, 4) is 0 Å². The summed E-state index contributed by atoms with van der Waals surface area (Å²) in [5, 5.41) is 8.52. The number of epoxide rings is 1. The van der Waals surface area contributed by atoms with Gasteiger partial charge in [0.1, 0.15) is 0 Å². The summed E-state index contributed by atoms with van der Waals surface area (Å²) >= 11 is 0. The zero-order valence-corrected chi connectivity index (χ0v) is 15.0. The van der Waals surface area contributed by atoms with Crippen LogP contribution >= 0.6 is 0 Å². The van der Waals surface area contributed by atoms with Gasteiger partial charge in [0, 0.05) is 6.42 Å². The lowest BCUT2D eigenvalue weighted by atomic mass is 10.0. The molecule has 1 fully saturated rings. The smallest absolute Gasteiger partial charge is 0.303 e. The molecule has 0 bridgehead atoms. The molecule has 0 radical (unpaired) electrons. The first-order valence-electron chi connectivity index (χ1n) is 9.76. The Morgan fingerprint density at radius 1 is 0.870 bits per heavy atom. The van der Waals surface area contributed by atoms with Crippen LogP contribution in [0, 0.1) is 0 Å². The lowest BCUT2D eigenvalue weighted by molar-refractivity contribution is -0.137. The Morgan fingerprint density at radius 3 is 2.00 bits per heavy atom. The van der Waals surface area contributed by atoms with Gasteiger partial charge >= 0.3 is 5.97 Å². The van der Waals surface area contributed by atoms with E-state index < -0.39 is 5.97 Å². The topological polar surface area (TPSA) is 49.8 Å². The molecule has 0 saturated carbocycles. The van der Waals surface area contributed by atoms with Gasteiger partial charge in [-0.05, 0) is 38.5 Å². The third-order valence-corrected chi connectivity index (χ3v) is 4.63. The van der Waals surface area contributed by atoms with Gasteiger partial charge in [-0.2, -0.15) is 0 Å². The van der Waals surface area contributed by atoms with Crippen molar-refractivity contribution in [1.29, 1.82) is 0 Å². The first kappa shape index (κ1) is 20.2. The molecule has 0 aromatic rings. The standard InChI is InChI=1S/C20H36O3/c1-2-18-19(23-18)16-14-12-10-8-6-4-3-5-7-9-11-13-15-17-20(21)22/h9,11,18-19H,2-8,10,12-17H2,1H3,(H,21,22). The van der Waals surface area contributed by atoms with E-state index >= 15 is 0 Å². The first-order chi connectivity index (χ1) is 11.2. The summed E-state index contributed by atoms with van der Waals surface area (Å²) in [5.41, 5.74) is 0. The van der Waals surface area contributed by atoms with E-state index in [2.05, 4.69) is 19.1 Å². The van der Waals surface area contributed by atoms with Crippen molar-refractivity contribution in [3.63, 3.8) is 0 Å². The Balaban J connectivity index is 1.70. The zero-order chi connectivity index (χ0) is 16.8. The Morgan fingerprint density at radius 2 is 1.43 bits per heavy atom. The van der Waals surface area contributed by atoms with Crippen LogP contribution in [0.2, 0.25) is 0 Å². The molecule has 0 aromatic heterocycles. The minimum absolute atomic E-state index is 0.289. The molecule has 1 aliphatic rings. The van der Waals surface area contributed by atoms with Crippen LogP contribution in [-0.2, 0) is 9.53 Å². The average molecular weight is 325 g/mol. The Bertz CT molecular complexity index is 325. The molecule has 1 heterocycles. The van der Waals surface area contributed by atoms with Gasteiger partial charge in [0.15, 0.2) is 0 Å². The summed E-state index contributed by atoms with van der Waals surface area (Å²) in [6.07, 6.45) is 21.9. The maximum absolute atomic E-state index is 10.3. The van der Waals surface area contributed by atoms with Gasteiger partial charge in [0.05, 0.1) is 12.2 Å². The Kier molecular flexibility index (Phi) is 11.9. The van der Waals surface area contributed by atoms with E-state index in [1.807, 2.05) is 0 Å². The van der Waals surface area contributed by atoms with E-state index in [4.69, 9.17) is 9.84 Å². The molecule has 2 atom stereocenters. The molecular weight excluding hydrogens is 288 g/mol. The van der Waals surface area contributed by atoms with E-state index in [9.17, 15) is 4.79 Å². The molecule has 0 aliphatic carbocycles. The van der Waals surface area contributed by atoms with Crippen LogP contribution in [0.15, 0.2) is 12.2 Å². The summed E-state index contributed by atoms with van der Waals surface area (Å²) in [6, 6.07) is 0. The van der Waals surface area contributed by atoms with E-state index in [0.29, 0.717) is 12.2 Å². The number of carboxylic acid groups (broad SMARTS) is 1. The quantitative estimate of drug-likeness (QED) is 0.219. The van der Waals surface area contributed by atoms with Gasteiger partial charge in [-0.1, -0.05) is 64.0 Å². The highest BCUT2D eigenvalue weighted by Gasteiger charge is 2.35. The fourth-order valence-electron chi connectivity index (χ4n) is 3.07. The molecule has 1 rings (SSSR count). The van der Waals surface area contributed by atoms with Gasteiger partial charge in [-0.3, -0.25) is 4.79 Å². The molecule has 23 heavy (non-hydrogen) atoms. The number of hydrogen-bond acceptors (Lipinski definition) is 2. The number of allylic oxidation sites excluding steroid dienone is 2. The van der Waals surface area contributed by atoms with Crippen molar-refractivity contribution in [3.05, 3.63) is 12.2 Å². The van der Waals surface area contributed by atoms with Gasteiger partial charge < -0.3 is 9.84 Å². The lowest BCUT2D eigenvalue weighted by Crippen LogP contribution is -1.92. The molecule has 3 nitrogen and oxygen atoms in total. The highest BCUT2D eigenvalue weighted by atomic mass is 16.6. The van der Waals surface area contributed by atoms with Crippen molar-refractivity contribution >= 4 is 5.97 Å². The Labute approximate surface area is 142 Å². The molecule has 1 saturated heterocycles. The monoisotopic (exact) mass is 324 g/mol. The zero-order valence-electron chi connectivity index (χ0n) is 15.0. The van der Waals surface area contributed by atoms with Crippen molar-refractivity contribution in [2.24, 2.45) is 0 Å². The van der Waals surface area contributed by atoms with Crippen molar-refractivity contribution in [2.75, 3.05) is 0 Å². The van der Waals surface area contributed by atoms with Gasteiger partial charge in [-0.25, -0.2) is 0 Å². The summed E-state index contributed by atoms with van der Waals surface area (Å²) in [5.74, 6) is -0.690. The summed E-state index contributed by atoms with van der Waals surface area (Å²) in [7, 11) is 0. The van der Waals surface area contributed by atoms with Crippen LogP contribution in [0.3, 0.4) is 0 Å². The summed E-state index contributed by atoms with van der Waals surface area (Å²) in [6.45, 7) is 2.21. The largest absolute Gasteiger partial charge is 0.481 e. The molecule has 0 amide bonds. The number of rotatable bonds is 16. The predicted octanol–water partition coefficient (Wildman–Crippen LogP) is 5.88. The highest BCUT2D eigenvalue weighted by molar-refractivity contribution is 5.66. The number of carboxylic acids is 1. The lowest BCUT2D eigenvalue weighted by Gasteiger charge is -2.01. The number of unbranched alkanes of at least 4 members (excludes halogenated alkanes) is 9. The average Bonchev–Trinajstić information content (AvgIpc) is 3.29. The normalized spacial score (nSPS) is 20.2. The van der Waals surface area contributed by atoms with Crippen LogP contribution in [0.4, 0.5) is 0 Å². The van der Waals surface area contributed by atoms with Crippen LogP contribution in [-0.4, -0.2) is 23.3 Å². The van der Waals surface area contributed by atoms with Crippen LogP contribution in [0.25, 0.3) is 0 Å². The van der Waals surface area contributed by atoms with Crippen LogP contribution in [0.1, 0.15) is 96.8 Å². The highest BCUT2D eigenvalue weighted by Crippen LogP contribution is 2.29. The fraction of sp³-hybridized carbons (Fsp3) is 0.850. The third kappa shape index (κ3) is 12.3. The molecule has 1 aliphatic heterocycles. The molecule has 3 heteroatoms. The van der Waals surface area contributed by atoms with Crippen molar-refractivity contribution in [1.82, 2.24) is 0 Å². The summed E-state index contributed by atoms with van der Waals surface area (Å²) in [4.78, 5) is 10.3.